The highest BCUT2D eigenvalue weighted by atomic mass is 16.5. The van der Waals surface area contributed by atoms with Crippen molar-refractivity contribution >= 4 is 17.6 Å². The van der Waals surface area contributed by atoms with E-state index in [9.17, 15) is 19.5 Å². The maximum absolute atomic E-state index is 13.0. The van der Waals surface area contributed by atoms with Gasteiger partial charge in [0.2, 0.25) is 0 Å². The minimum absolute atomic E-state index is 0.120. The number of hydrogen-bond donors (Lipinski definition) is 2. The molecule has 2 N–H and O–H groups in total. The second-order valence-corrected chi connectivity index (χ2v) is 7.42. The molecule has 0 bridgehead atoms. The maximum Gasteiger partial charge on any atom is 0.331 e. The Morgan fingerprint density at radius 3 is 2.24 bits per heavy atom. The Morgan fingerprint density at radius 2 is 1.59 bits per heavy atom. The fourth-order valence-electron chi connectivity index (χ4n) is 3.39. The minimum atomic E-state index is -1.34. The zero-order valence-electron chi connectivity index (χ0n) is 18.0. The second kappa shape index (κ2) is 10.3. The number of anilines is 1. The smallest absolute Gasteiger partial charge is 0.331 e. The lowest BCUT2D eigenvalue weighted by molar-refractivity contribution is -0.139. The standard InChI is InChI=1S/C26H21N3O5/c30-24(20-9-5-2-6-10-20)28-22-15-27-17-29(25(22)31)23(26(32)33)19-11-13-21(14-12-19)34-16-18-7-3-1-4-8-18/h1-15,17,23H,16H2,(H,28,30)(H,32,33). The average Bonchev–Trinajstić information content (AvgIpc) is 2.87. The van der Waals surface area contributed by atoms with Gasteiger partial charge in [0.1, 0.15) is 18.0 Å². The molecule has 1 aromatic heterocycles. The van der Waals surface area contributed by atoms with Gasteiger partial charge >= 0.3 is 5.97 Å². The van der Waals surface area contributed by atoms with E-state index in [0.29, 0.717) is 23.5 Å². The van der Waals surface area contributed by atoms with Crippen LogP contribution >= 0.6 is 0 Å². The first kappa shape index (κ1) is 22.5. The van der Waals surface area contributed by atoms with Crippen LogP contribution < -0.4 is 15.6 Å². The van der Waals surface area contributed by atoms with Crippen LogP contribution in [0.2, 0.25) is 0 Å². The van der Waals surface area contributed by atoms with Gasteiger partial charge in [0.15, 0.2) is 6.04 Å². The van der Waals surface area contributed by atoms with Gasteiger partial charge in [-0.1, -0.05) is 60.7 Å². The number of carbonyl (C=O) groups excluding carboxylic acids is 1. The van der Waals surface area contributed by atoms with E-state index in [1.54, 1.807) is 54.6 Å². The number of hydrogen-bond acceptors (Lipinski definition) is 5. The second-order valence-electron chi connectivity index (χ2n) is 7.42. The third-order valence-corrected chi connectivity index (χ3v) is 5.10. The summed E-state index contributed by atoms with van der Waals surface area (Å²) in [6.07, 6.45) is 2.33. The summed E-state index contributed by atoms with van der Waals surface area (Å²) in [5.41, 5.74) is 0.914. The Hall–Kier alpha value is -4.72. The van der Waals surface area contributed by atoms with Crippen LogP contribution in [0.25, 0.3) is 0 Å². The van der Waals surface area contributed by atoms with Crippen molar-refractivity contribution in [1.82, 2.24) is 9.55 Å². The summed E-state index contributed by atoms with van der Waals surface area (Å²) in [6, 6.07) is 23.1. The van der Waals surface area contributed by atoms with Crippen LogP contribution in [0.3, 0.4) is 0 Å². The zero-order chi connectivity index (χ0) is 23.9. The summed E-state index contributed by atoms with van der Waals surface area (Å²) in [5, 5.41) is 12.4. The first-order valence-corrected chi connectivity index (χ1v) is 10.4. The largest absolute Gasteiger partial charge is 0.489 e. The lowest BCUT2D eigenvalue weighted by Crippen LogP contribution is -2.33. The van der Waals surface area contributed by atoms with Crippen molar-refractivity contribution < 1.29 is 19.4 Å². The van der Waals surface area contributed by atoms with Gasteiger partial charge in [0.05, 0.1) is 12.5 Å². The maximum atomic E-state index is 13.0. The summed E-state index contributed by atoms with van der Waals surface area (Å²) in [4.78, 5) is 41.5. The van der Waals surface area contributed by atoms with E-state index in [-0.39, 0.29) is 5.69 Å². The Kier molecular flexibility index (Phi) is 6.78. The number of benzene rings is 3. The van der Waals surface area contributed by atoms with Crippen molar-refractivity contribution in [2.24, 2.45) is 0 Å². The average molecular weight is 455 g/mol. The number of amides is 1. The first-order chi connectivity index (χ1) is 16.5. The Morgan fingerprint density at radius 1 is 0.941 bits per heavy atom. The molecule has 1 amide bonds. The molecule has 0 aliphatic carbocycles. The highest BCUT2D eigenvalue weighted by molar-refractivity contribution is 6.04. The molecule has 0 saturated carbocycles. The van der Waals surface area contributed by atoms with Crippen molar-refractivity contribution in [3.05, 3.63) is 124 Å². The highest BCUT2D eigenvalue weighted by Gasteiger charge is 2.24. The number of aromatic nitrogens is 2. The summed E-state index contributed by atoms with van der Waals surface area (Å²) in [5.74, 6) is -1.18. The molecule has 0 fully saturated rings. The third kappa shape index (κ3) is 5.18. The van der Waals surface area contributed by atoms with Gasteiger partial charge in [-0.2, -0.15) is 0 Å². The number of nitrogens with one attached hydrogen (secondary N) is 1. The Balaban J connectivity index is 1.55. The quantitative estimate of drug-likeness (QED) is 0.419. The van der Waals surface area contributed by atoms with E-state index in [1.807, 2.05) is 30.3 Å². The fourth-order valence-corrected chi connectivity index (χ4v) is 3.39. The van der Waals surface area contributed by atoms with Crippen molar-refractivity contribution in [3.63, 3.8) is 0 Å². The van der Waals surface area contributed by atoms with Crippen LogP contribution in [-0.2, 0) is 11.4 Å². The molecule has 170 valence electrons. The van der Waals surface area contributed by atoms with Crippen molar-refractivity contribution in [3.8, 4) is 5.75 Å². The summed E-state index contributed by atoms with van der Waals surface area (Å²) in [6.45, 7) is 0.370. The molecular weight excluding hydrogens is 434 g/mol. The lowest BCUT2D eigenvalue weighted by atomic mass is 10.1. The van der Waals surface area contributed by atoms with Gasteiger partial charge in [0, 0.05) is 5.56 Å². The van der Waals surface area contributed by atoms with Crippen molar-refractivity contribution in [2.75, 3.05) is 5.32 Å². The van der Waals surface area contributed by atoms with E-state index < -0.39 is 23.5 Å². The first-order valence-electron chi connectivity index (χ1n) is 10.4. The van der Waals surface area contributed by atoms with Crippen LogP contribution in [0.5, 0.6) is 5.75 Å². The predicted molar refractivity (Wildman–Crippen MR) is 126 cm³/mol. The van der Waals surface area contributed by atoms with E-state index in [1.165, 1.54) is 6.20 Å². The van der Waals surface area contributed by atoms with E-state index in [2.05, 4.69) is 10.3 Å². The zero-order valence-corrected chi connectivity index (χ0v) is 18.0. The number of nitrogens with zero attached hydrogens (tertiary/aromatic N) is 2. The summed E-state index contributed by atoms with van der Waals surface area (Å²) >= 11 is 0. The van der Waals surface area contributed by atoms with E-state index in [4.69, 9.17) is 4.74 Å². The molecule has 0 aliphatic heterocycles. The molecule has 34 heavy (non-hydrogen) atoms. The molecule has 8 nitrogen and oxygen atoms in total. The number of carbonyl (C=O) groups is 2. The van der Waals surface area contributed by atoms with Crippen LogP contribution in [0.15, 0.2) is 102 Å². The summed E-state index contributed by atoms with van der Waals surface area (Å²) < 4.78 is 6.72. The third-order valence-electron chi connectivity index (χ3n) is 5.10. The highest BCUT2D eigenvalue weighted by Crippen LogP contribution is 2.22. The topological polar surface area (TPSA) is 111 Å². The van der Waals surface area contributed by atoms with Gasteiger partial charge in [-0.25, -0.2) is 9.78 Å². The van der Waals surface area contributed by atoms with E-state index in [0.717, 1.165) is 16.5 Å². The number of ether oxygens (including phenoxy) is 1. The number of carboxylic acid groups (broad SMARTS) is 1. The molecule has 0 saturated heterocycles. The Labute approximate surface area is 195 Å². The molecule has 1 heterocycles. The van der Waals surface area contributed by atoms with Crippen molar-refractivity contribution in [1.29, 1.82) is 0 Å². The molecular formula is C26H21N3O5. The molecule has 8 heteroatoms. The van der Waals surface area contributed by atoms with Crippen LogP contribution in [0.1, 0.15) is 27.5 Å². The Bertz CT molecular complexity index is 1340. The monoisotopic (exact) mass is 455 g/mol. The van der Waals surface area contributed by atoms with Gasteiger partial charge in [0.25, 0.3) is 11.5 Å². The van der Waals surface area contributed by atoms with Crippen LogP contribution in [-0.4, -0.2) is 26.5 Å². The number of aliphatic carboxylic acids is 1. The van der Waals surface area contributed by atoms with Crippen molar-refractivity contribution in [2.45, 2.75) is 12.6 Å². The van der Waals surface area contributed by atoms with Gasteiger partial charge in [-0.3, -0.25) is 14.2 Å². The molecule has 3 aromatic carbocycles. The van der Waals surface area contributed by atoms with Gasteiger partial charge in [-0.15, -0.1) is 0 Å². The molecule has 1 atom stereocenters. The molecule has 0 radical (unpaired) electrons. The van der Waals surface area contributed by atoms with E-state index >= 15 is 0 Å². The normalized spacial score (nSPS) is 11.4. The van der Waals surface area contributed by atoms with Gasteiger partial charge < -0.3 is 15.2 Å². The SMILES string of the molecule is O=C(Nc1cncn(C(C(=O)O)c2ccc(OCc3ccccc3)cc2)c1=O)c1ccccc1. The summed E-state index contributed by atoms with van der Waals surface area (Å²) in [7, 11) is 0. The molecule has 0 spiro atoms. The molecule has 4 aromatic rings. The molecule has 1 unspecified atom stereocenters. The predicted octanol–water partition coefficient (Wildman–Crippen LogP) is 3.75. The molecule has 0 aliphatic rings. The number of rotatable bonds is 8. The minimum Gasteiger partial charge on any atom is -0.489 e. The van der Waals surface area contributed by atoms with Crippen LogP contribution in [0, 0.1) is 0 Å². The van der Waals surface area contributed by atoms with Gasteiger partial charge in [-0.05, 0) is 35.4 Å². The lowest BCUT2D eigenvalue weighted by Gasteiger charge is -2.17. The number of carboxylic acids is 1. The van der Waals surface area contributed by atoms with Crippen LogP contribution in [0.4, 0.5) is 5.69 Å². The molecule has 4 rings (SSSR count). The fraction of sp³-hybridized carbons (Fsp3) is 0.0769.